The summed E-state index contributed by atoms with van der Waals surface area (Å²) in [4.78, 5) is 12.0. The minimum atomic E-state index is 0.270. The zero-order valence-corrected chi connectivity index (χ0v) is 10.8. The van der Waals surface area contributed by atoms with Gasteiger partial charge in [-0.15, -0.1) is 11.6 Å². The van der Waals surface area contributed by atoms with Gasteiger partial charge in [-0.05, 0) is 42.9 Å². The third-order valence-electron chi connectivity index (χ3n) is 4.81. The minimum absolute atomic E-state index is 0.270. The van der Waals surface area contributed by atoms with Crippen molar-refractivity contribution in [3.63, 3.8) is 0 Å². The van der Waals surface area contributed by atoms with Crippen molar-refractivity contribution >= 4 is 17.5 Å². The summed E-state index contributed by atoms with van der Waals surface area (Å²) in [5.41, 5.74) is 0. The van der Waals surface area contributed by atoms with Gasteiger partial charge in [0.15, 0.2) is 0 Å². The lowest BCUT2D eigenvalue weighted by Gasteiger charge is -2.09. The Labute approximate surface area is 107 Å². The van der Waals surface area contributed by atoms with Crippen LogP contribution in [0.25, 0.3) is 0 Å². The quantitative estimate of drug-likeness (QED) is 0.581. The van der Waals surface area contributed by atoms with Gasteiger partial charge in [-0.3, -0.25) is 4.79 Å². The Balaban J connectivity index is 1.38. The highest BCUT2D eigenvalue weighted by molar-refractivity contribution is 6.17. The van der Waals surface area contributed by atoms with Gasteiger partial charge >= 0.3 is 0 Å². The van der Waals surface area contributed by atoms with E-state index in [0.717, 1.165) is 23.7 Å². The first-order chi connectivity index (χ1) is 8.33. The van der Waals surface area contributed by atoms with Gasteiger partial charge in [-0.25, -0.2) is 0 Å². The summed E-state index contributed by atoms with van der Waals surface area (Å²) in [6.45, 7) is 1.77. The Kier molecular flexibility index (Phi) is 3.31. The first-order valence-corrected chi connectivity index (χ1v) is 7.28. The summed E-state index contributed by atoms with van der Waals surface area (Å²) in [6.07, 6.45) is 4.14. The lowest BCUT2D eigenvalue weighted by Crippen LogP contribution is -2.30. The third-order valence-corrected chi connectivity index (χ3v) is 4.96. The van der Waals surface area contributed by atoms with Crippen molar-refractivity contribution in [2.45, 2.75) is 19.3 Å². The normalized spacial score (nSPS) is 41.4. The van der Waals surface area contributed by atoms with E-state index in [9.17, 15) is 4.79 Å². The number of hydrogen-bond acceptors (Lipinski definition) is 2. The van der Waals surface area contributed by atoms with Crippen LogP contribution in [0.5, 0.6) is 0 Å². The molecule has 3 rings (SSSR count). The number of carbonyl (C=O) groups is 1. The molecule has 17 heavy (non-hydrogen) atoms. The van der Waals surface area contributed by atoms with Gasteiger partial charge in [0.1, 0.15) is 0 Å². The number of fused-ring (bicyclic) bond motifs is 5. The van der Waals surface area contributed by atoms with Crippen molar-refractivity contribution in [1.82, 2.24) is 5.32 Å². The molecule has 0 aromatic rings. The maximum Gasteiger partial charge on any atom is 0.223 e. The first kappa shape index (κ1) is 11.8. The van der Waals surface area contributed by atoms with Gasteiger partial charge in [0.05, 0.1) is 13.2 Å². The molecule has 96 valence electrons. The Morgan fingerprint density at radius 3 is 2.59 bits per heavy atom. The van der Waals surface area contributed by atoms with Crippen molar-refractivity contribution in [2.24, 2.45) is 29.6 Å². The van der Waals surface area contributed by atoms with Crippen LogP contribution in [-0.4, -0.2) is 31.5 Å². The predicted octanol–water partition coefficient (Wildman–Crippen LogP) is 1.65. The zero-order valence-electron chi connectivity index (χ0n) is 10.0. The molecule has 3 nitrogen and oxygen atoms in total. The molecule has 3 saturated carbocycles. The largest absolute Gasteiger partial charge is 0.378 e. The van der Waals surface area contributed by atoms with Crippen molar-refractivity contribution in [3.05, 3.63) is 0 Å². The summed E-state index contributed by atoms with van der Waals surface area (Å²) in [5, 5.41) is 2.99. The van der Waals surface area contributed by atoms with Gasteiger partial charge in [-0.2, -0.15) is 0 Å². The van der Waals surface area contributed by atoms with Crippen LogP contribution in [0.1, 0.15) is 19.3 Å². The number of amides is 1. The zero-order chi connectivity index (χ0) is 11.8. The molecule has 0 radical (unpaired) electrons. The van der Waals surface area contributed by atoms with Crippen LogP contribution in [0.4, 0.5) is 0 Å². The fraction of sp³-hybridized carbons (Fsp3) is 0.923. The molecule has 0 aromatic carbocycles. The monoisotopic (exact) mass is 257 g/mol. The lowest BCUT2D eigenvalue weighted by atomic mass is 10.0. The standard InChI is InChI=1S/C13H20ClNO2/c14-3-5-17-6-4-15-13(16)12-10-8-1-2-9(7-8)11(10)12/h8-12H,1-7H2,(H,15,16). The van der Waals surface area contributed by atoms with Crippen molar-refractivity contribution in [1.29, 1.82) is 0 Å². The van der Waals surface area contributed by atoms with E-state index in [1.165, 1.54) is 19.3 Å². The lowest BCUT2D eigenvalue weighted by molar-refractivity contribution is -0.123. The van der Waals surface area contributed by atoms with Gasteiger partial charge < -0.3 is 10.1 Å². The average Bonchev–Trinajstić information content (AvgIpc) is 2.78. The number of halogens is 1. The van der Waals surface area contributed by atoms with Gasteiger partial charge in [0, 0.05) is 18.3 Å². The predicted molar refractivity (Wildman–Crippen MR) is 65.8 cm³/mol. The molecule has 0 spiro atoms. The molecule has 0 aromatic heterocycles. The van der Waals surface area contributed by atoms with Crippen molar-refractivity contribution in [3.8, 4) is 0 Å². The average molecular weight is 258 g/mol. The highest BCUT2D eigenvalue weighted by Crippen LogP contribution is 2.69. The van der Waals surface area contributed by atoms with E-state index < -0.39 is 0 Å². The van der Waals surface area contributed by atoms with E-state index in [0.29, 0.717) is 31.6 Å². The fourth-order valence-electron chi connectivity index (χ4n) is 4.20. The van der Waals surface area contributed by atoms with Gasteiger partial charge in [-0.1, -0.05) is 0 Å². The minimum Gasteiger partial charge on any atom is -0.378 e. The first-order valence-electron chi connectivity index (χ1n) is 6.74. The second-order valence-electron chi connectivity index (χ2n) is 5.61. The molecular weight excluding hydrogens is 238 g/mol. The maximum absolute atomic E-state index is 12.0. The number of hydrogen-bond donors (Lipinski definition) is 1. The summed E-state index contributed by atoms with van der Waals surface area (Å²) in [6, 6.07) is 0. The number of rotatable bonds is 6. The van der Waals surface area contributed by atoms with E-state index in [1.54, 1.807) is 0 Å². The van der Waals surface area contributed by atoms with Crippen LogP contribution >= 0.6 is 11.6 Å². The molecule has 0 aliphatic heterocycles. The Morgan fingerprint density at radius 1 is 1.24 bits per heavy atom. The molecule has 1 amide bonds. The summed E-state index contributed by atoms with van der Waals surface area (Å²) >= 11 is 5.49. The Hall–Kier alpha value is -0.280. The van der Waals surface area contributed by atoms with E-state index in [-0.39, 0.29) is 5.91 Å². The second-order valence-corrected chi connectivity index (χ2v) is 5.98. The third kappa shape index (κ3) is 2.08. The van der Waals surface area contributed by atoms with Crippen LogP contribution in [0.2, 0.25) is 0 Å². The molecule has 0 heterocycles. The van der Waals surface area contributed by atoms with Crippen LogP contribution < -0.4 is 5.32 Å². The van der Waals surface area contributed by atoms with Crippen LogP contribution in [-0.2, 0) is 9.53 Å². The van der Waals surface area contributed by atoms with Crippen LogP contribution in [0.15, 0.2) is 0 Å². The number of alkyl halides is 1. The molecule has 4 atom stereocenters. The summed E-state index contributed by atoms with van der Waals surface area (Å²) in [7, 11) is 0. The van der Waals surface area contributed by atoms with E-state index in [4.69, 9.17) is 16.3 Å². The second kappa shape index (κ2) is 4.77. The molecule has 2 bridgehead atoms. The Morgan fingerprint density at radius 2 is 1.94 bits per heavy atom. The number of nitrogens with one attached hydrogen (secondary N) is 1. The SMILES string of the molecule is O=C(NCCOCCCl)C1C2C3CCC(C3)C12. The summed E-state index contributed by atoms with van der Waals surface area (Å²) in [5.74, 6) is 4.33. The van der Waals surface area contributed by atoms with Crippen LogP contribution in [0.3, 0.4) is 0 Å². The highest BCUT2D eigenvalue weighted by Gasteiger charge is 2.67. The number of carbonyl (C=O) groups excluding carboxylic acids is 1. The maximum atomic E-state index is 12.0. The van der Waals surface area contributed by atoms with Crippen molar-refractivity contribution < 1.29 is 9.53 Å². The van der Waals surface area contributed by atoms with Crippen LogP contribution in [0, 0.1) is 29.6 Å². The molecule has 1 N–H and O–H groups in total. The Bertz CT molecular complexity index is 294. The summed E-state index contributed by atoms with van der Waals surface area (Å²) < 4.78 is 5.24. The number of ether oxygens (including phenoxy) is 1. The molecule has 3 aliphatic carbocycles. The topological polar surface area (TPSA) is 38.3 Å². The molecule has 3 aliphatic rings. The smallest absolute Gasteiger partial charge is 0.223 e. The van der Waals surface area contributed by atoms with Crippen molar-refractivity contribution in [2.75, 3.05) is 25.6 Å². The van der Waals surface area contributed by atoms with E-state index in [1.807, 2.05) is 0 Å². The molecular formula is C13H20ClNO2. The molecule has 3 fully saturated rings. The van der Waals surface area contributed by atoms with Gasteiger partial charge in [0.25, 0.3) is 0 Å². The molecule has 4 unspecified atom stereocenters. The highest BCUT2D eigenvalue weighted by atomic mass is 35.5. The van der Waals surface area contributed by atoms with Gasteiger partial charge in [0.2, 0.25) is 5.91 Å². The fourth-order valence-corrected chi connectivity index (χ4v) is 4.31. The molecule has 0 saturated heterocycles. The molecule has 4 heteroatoms. The van der Waals surface area contributed by atoms with E-state index in [2.05, 4.69) is 5.32 Å². The van der Waals surface area contributed by atoms with E-state index >= 15 is 0 Å².